The van der Waals surface area contributed by atoms with Crippen LogP contribution in [0.25, 0.3) is 22.4 Å². The Morgan fingerprint density at radius 2 is 1.70 bits per heavy atom. The molecule has 0 aliphatic heterocycles. The van der Waals surface area contributed by atoms with Gasteiger partial charge < -0.3 is 20.8 Å². The number of fused-ring (bicyclic) bond motifs is 1. The van der Waals surface area contributed by atoms with E-state index in [1.807, 2.05) is 24.3 Å². The van der Waals surface area contributed by atoms with Crippen LogP contribution in [0.4, 0.5) is 11.4 Å². The molecule has 44 heavy (non-hydrogen) atoms. The molecule has 0 saturated carbocycles. The minimum absolute atomic E-state index is 0.00884. The quantitative estimate of drug-likeness (QED) is 0.135. The summed E-state index contributed by atoms with van der Waals surface area (Å²) in [6, 6.07) is 22.5. The molecule has 0 atom stereocenters. The van der Waals surface area contributed by atoms with Gasteiger partial charge in [-0.15, -0.1) is 0 Å². The number of benzene rings is 4. The van der Waals surface area contributed by atoms with Crippen molar-refractivity contribution < 1.29 is 22.7 Å². The molecule has 4 aromatic carbocycles. The van der Waals surface area contributed by atoms with Crippen molar-refractivity contribution in [3.63, 3.8) is 0 Å². The normalized spacial score (nSPS) is 11.7. The molecule has 10 nitrogen and oxygen atoms in total. The van der Waals surface area contributed by atoms with Gasteiger partial charge in [0.15, 0.2) is 0 Å². The van der Waals surface area contributed by atoms with Crippen molar-refractivity contribution in [2.24, 2.45) is 11.1 Å². The summed E-state index contributed by atoms with van der Waals surface area (Å²) in [6.45, 7) is 3.30. The van der Waals surface area contributed by atoms with Crippen molar-refractivity contribution in [2.75, 3.05) is 16.6 Å². The highest BCUT2D eigenvalue weighted by molar-refractivity contribution is 7.92. The van der Waals surface area contributed by atoms with Crippen LogP contribution in [-0.2, 0) is 14.8 Å². The Bertz CT molecular complexity index is 1980. The van der Waals surface area contributed by atoms with Crippen LogP contribution in [0, 0.1) is 5.41 Å². The number of hydrogen-bond donors (Lipinski definition) is 4. The topological polar surface area (TPSA) is 156 Å². The molecule has 0 bridgehead atoms. The molecule has 13 heteroatoms. The molecule has 226 valence electrons. The summed E-state index contributed by atoms with van der Waals surface area (Å²) >= 11 is 12.8. The number of amides is 2. The van der Waals surface area contributed by atoms with Gasteiger partial charge in [0, 0.05) is 17.3 Å². The van der Waals surface area contributed by atoms with Gasteiger partial charge in [0.1, 0.15) is 18.2 Å². The van der Waals surface area contributed by atoms with Crippen LogP contribution >= 0.6 is 23.2 Å². The maximum atomic E-state index is 13.1. The zero-order chi connectivity index (χ0) is 31.6. The molecule has 5 aromatic rings. The highest BCUT2D eigenvalue weighted by Gasteiger charge is 2.26. The van der Waals surface area contributed by atoms with Gasteiger partial charge in [0.25, 0.3) is 15.9 Å². The Labute approximate surface area is 263 Å². The van der Waals surface area contributed by atoms with E-state index in [0.29, 0.717) is 27.8 Å². The summed E-state index contributed by atoms with van der Waals surface area (Å²) in [7, 11) is -4.08. The summed E-state index contributed by atoms with van der Waals surface area (Å²) < 4.78 is 34.3. The third-order valence-electron chi connectivity index (χ3n) is 6.72. The predicted molar refractivity (Wildman–Crippen MR) is 172 cm³/mol. The van der Waals surface area contributed by atoms with E-state index in [4.69, 9.17) is 33.7 Å². The number of aromatic nitrogens is 2. The Balaban J connectivity index is 1.30. The van der Waals surface area contributed by atoms with Gasteiger partial charge in [-0.05, 0) is 74.5 Å². The number of carbonyl (C=O) groups is 2. The van der Waals surface area contributed by atoms with Gasteiger partial charge in [0.05, 0.1) is 42.6 Å². The molecule has 2 amide bonds. The summed E-state index contributed by atoms with van der Waals surface area (Å²) in [6.07, 6.45) is 0. The number of nitrogens with zero attached hydrogens (tertiary/aromatic N) is 1. The number of ether oxygens (including phenoxy) is 1. The van der Waals surface area contributed by atoms with E-state index in [2.05, 4.69) is 20.0 Å². The van der Waals surface area contributed by atoms with Crippen LogP contribution in [0.2, 0.25) is 10.0 Å². The van der Waals surface area contributed by atoms with Crippen molar-refractivity contribution in [3.8, 4) is 17.1 Å². The lowest BCUT2D eigenvalue weighted by molar-refractivity contribution is -0.127. The number of H-pyrrole nitrogens is 1. The average molecular weight is 653 g/mol. The molecule has 5 N–H and O–H groups in total. The molecular weight excluding hydrogens is 625 g/mol. The number of nitrogens with one attached hydrogen (secondary N) is 3. The number of primary amides is 1. The molecule has 0 radical (unpaired) electrons. The van der Waals surface area contributed by atoms with Crippen LogP contribution in [0.5, 0.6) is 5.75 Å². The van der Waals surface area contributed by atoms with E-state index in [9.17, 15) is 18.0 Å². The van der Waals surface area contributed by atoms with Crippen molar-refractivity contribution >= 4 is 67.4 Å². The second-order valence-electron chi connectivity index (χ2n) is 10.6. The minimum Gasteiger partial charge on any atom is -0.492 e. The highest BCUT2D eigenvalue weighted by Crippen LogP contribution is 2.31. The van der Waals surface area contributed by atoms with Crippen LogP contribution in [0.15, 0.2) is 89.8 Å². The number of para-hydroxylation sites is 2. The zero-order valence-corrected chi connectivity index (χ0v) is 25.8. The fourth-order valence-electron chi connectivity index (χ4n) is 4.11. The van der Waals surface area contributed by atoms with Gasteiger partial charge in [-0.2, -0.15) is 0 Å². The molecule has 0 unspecified atom stereocenters. The molecule has 0 saturated heterocycles. The third-order valence-corrected chi connectivity index (χ3v) is 8.74. The van der Waals surface area contributed by atoms with E-state index >= 15 is 0 Å². The van der Waals surface area contributed by atoms with E-state index < -0.39 is 27.3 Å². The first kappa shape index (κ1) is 30.9. The molecular formula is C31H27Cl2N5O5S. The first-order valence-electron chi connectivity index (χ1n) is 13.2. The maximum absolute atomic E-state index is 13.1. The van der Waals surface area contributed by atoms with Crippen LogP contribution in [0.3, 0.4) is 0 Å². The Morgan fingerprint density at radius 1 is 0.932 bits per heavy atom. The fourth-order valence-corrected chi connectivity index (χ4v) is 5.72. The number of sulfonamides is 1. The molecule has 0 spiro atoms. The Hall–Kier alpha value is -4.58. The van der Waals surface area contributed by atoms with Gasteiger partial charge in [-0.3, -0.25) is 14.3 Å². The predicted octanol–water partition coefficient (Wildman–Crippen LogP) is 6.48. The van der Waals surface area contributed by atoms with Crippen LogP contribution < -0.4 is 20.5 Å². The molecule has 5 rings (SSSR count). The van der Waals surface area contributed by atoms with Crippen molar-refractivity contribution in [1.29, 1.82) is 0 Å². The largest absolute Gasteiger partial charge is 0.492 e. The summed E-state index contributed by atoms with van der Waals surface area (Å²) in [5.74, 6) is -0.188. The Morgan fingerprint density at radius 3 is 2.43 bits per heavy atom. The number of rotatable bonds is 10. The number of halogens is 2. The van der Waals surface area contributed by atoms with Gasteiger partial charge in [-0.1, -0.05) is 41.4 Å². The lowest BCUT2D eigenvalue weighted by Crippen LogP contribution is -2.36. The number of anilines is 2. The van der Waals surface area contributed by atoms with Crippen molar-refractivity contribution in [2.45, 2.75) is 18.7 Å². The number of imidazole rings is 1. The number of hydrogen-bond acceptors (Lipinski definition) is 6. The van der Waals surface area contributed by atoms with E-state index in [1.54, 1.807) is 50.2 Å². The molecule has 0 fully saturated rings. The lowest BCUT2D eigenvalue weighted by atomic mass is 9.94. The second kappa shape index (κ2) is 12.2. The van der Waals surface area contributed by atoms with Gasteiger partial charge in [-0.25, -0.2) is 13.4 Å². The van der Waals surface area contributed by atoms with E-state index in [1.165, 1.54) is 24.3 Å². The summed E-state index contributed by atoms with van der Waals surface area (Å²) in [5.41, 5.74) is 7.40. The smallest absolute Gasteiger partial charge is 0.261 e. The highest BCUT2D eigenvalue weighted by atomic mass is 35.5. The standard InChI is InChI=1S/C31H27Cl2N5O5S/c1-31(2,30(34)40)17-43-20-7-5-6-19(14-20)38-44(41,42)21-11-12-22(25(33)16-21)29(39)35-18-10-13-24(32)23(15-18)28-36-26-8-3-4-9-27(26)37-28/h3-16,38H,17H2,1-2H3,(H2,34,40)(H,35,39)(H,36,37). The minimum atomic E-state index is -4.08. The summed E-state index contributed by atoms with van der Waals surface area (Å²) in [5, 5.41) is 3.14. The first-order valence-corrected chi connectivity index (χ1v) is 15.5. The van der Waals surface area contributed by atoms with Gasteiger partial charge in [0.2, 0.25) is 5.91 Å². The number of nitrogens with two attached hydrogens (primary N) is 1. The number of carbonyl (C=O) groups excluding carboxylic acids is 2. The molecule has 0 aliphatic carbocycles. The molecule has 1 heterocycles. The second-order valence-corrected chi connectivity index (χ2v) is 13.1. The average Bonchev–Trinajstić information content (AvgIpc) is 3.41. The maximum Gasteiger partial charge on any atom is 0.261 e. The fraction of sp³-hybridized carbons (Fsp3) is 0.129. The van der Waals surface area contributed by atoms with E-state index in [0.717, 1.165) is 11.0 Å². The lowest BCUT2D eigenvalue weighted by Gasteiger charge is -2.21. The first-order chi connectivity index (χ1) is 20.8. The van der Waals surface area contributed by atoms with Crippen LogP contribution in [0.1, 0.15) is 24.2 Å². The van der Waals surface area contributed by atoms with Gasteiger partial charge >= 0.3 is 0 Å². The van der Waals surface area contributed by atoms with Crippen LogP contribution in [-0.4, -0.2) is 36.8 Å². The van der Waals surface area contributed by atoms with E-state index in [-0.39, 0.29) is 27.8 Å². The molecule has 1 aromatic heterocycles. The SMILES string of the molecule is CC(C)(COc1cccc(NS(=O)(=O)c2ccc(C(=O)Nc3ccc(Cl)c(-c4nc5ccccc5[nH]4)c3)c(Cl)c2)c1)C(N)=O. The summed E-state index contributed by atoms with van der Waals surface area (Å²) in [4.78, 5) is 32.3. The van der Waals surface area contributed by atoms with Crippen molar-refractivity contribution in [3.05, 3.63) is 101 Å². The monoisotopic (exact) mass is 651 g/mol. The van der Waals surface area contributed by atoms with Crippen molar-refractivity contribution in [1.82, 2.24) is 9.97 Å². The Kier molecular flexibility index (Phi) is 8.55. The number of aromatic amines is 1. The third kappa shape index (κ3) is 6.80. The molecule has 0 aliphatic rings. The zero-order valence-electron chi connectivity index (χ0n) is 23.5.